The second kappa shape index (κ2) is 4.80. The van der Waals surface area contributed by atoms with Crippen molar-refractivity contribution in [3.05, 3.63) is 0 Å². The average Bonchev–Trinajstić information content (AvgIpc) is 2.20. The molecule has 3 unspecified atom stereocenters. The Kier molecular flexibility index (Phi) is 4.14. The molecule has 1 aliphatic heterocycles. The van der Waals surface area contributed by atoms with Gasteiger partial charge in [0, 0.05) is 12.6 Å². The molecule has 0 aliphatic carbocycles. The Morgan fingerprint density at radius 2 is 2.00 bits per heavy atom. The Balaban J connectivity index is 2.85. The van der Waals surface area contributed by atoms with E-state index in [0.717, 1.165) is 12.8 Å². The fraction of sp³-hybridized carbons (Fsp3) is 1.00. The van der Waals surface area contributed by atoms with E-state index in [0.29, 0.717) is 12.5 Å². The number of aliphatic hydroxyl groups is 1. The van der Waals surface area contributed by atoms with Gasteiger partial charge in [0.25, 0.3) is 0 Å². The van der Waals surface area contributed by atoms with Gasteiger partial charge in [0.15, 0.2) is 0 Å². The lowest BCUT2D eigenvalue weighted by molar-refractivity contribution is 0.211. The van der Waals surface area contributed by atoms with Crippen LogP contribution in [0, 0.1) is 5.92 Å². The lowest BCUT2D eigenvalue weighted by Crippen LogP contribution is -2.48. The molecule has 1 fully saturated rings. The molecular formula is C10H21NO3S. The highest BCUT2D eigenvalue weighted by Gasteiger charge is 2.35. The zero-order valence-electron chi connectivity index (χ0n) is 9.68. The van der Waals surface area contributed by atoms with Crippen LogP contribution in [0.1, 0.15) is 33.6 Å². The first-order valence-electron chi connectivity index (χ1n) is 5.51. The third-order valence-corrected chi connectivity index (χ3v) is 5.48. The van der Waals surface area contributed by atoms with E-state index in [9.17, 15) is 8.42 Å². The van der Waals surface area contributed by atoms with E-state index < -0.39 is 15.3 Å². The molecule has 0 bridgehead atoms. The molecule has 1 rings (SSSR count). The van der Waals surface area contributed by atoms with E-state index in [1.54, 1.807) is 11.2 Å². The standard InChI is InChI=1S/C10H21NO3S/c1-8-4-5-9(2)11(6-8)15(13,14)10(3)7-12/h8-10,12H,4-7H2,1-3H3. The average molecular weight is 235 g/mol. The van der Waals surface area contributed by atoms with E-state index in [1.165, 1.54) is 0 Å². The topological polar surface area (TPSA) is 57.6 Å². The maximum absolute atomic E-state index is 12.0. The highest BCUT2D eigenvalue weighted by molar-refractivity contribution is 7.89. The summed E-state index contributed by atoms with van der Waals surface area (Å²) in [5.74, 6) is 0.418. The molecular weight excluding hydrogens is 214 g/mol. The molecule has 0 spiro atoms. The van der Waals surface area contributed by atoms with Crippen LogP contribution in [0.5, 0.6) is 0 Å². The predicted octanol–water partition coefficient (Wildman–Crippen LogP) is 0.817. The fourth-order valence-corrected chi connectivity index (χ4v) is 3.65. The quantitative estimate of drug-likeness (QED) is 0.788. The number of hydrogen-bond donors (Lipinski definition) is 1. The third-order valence-electron chi connectivity index (χ3n) is 3.15. The molecule has 1 N–H and O–H groups in total. The Morgan fingerprint density at radius 1 is 1.40 bits per heavy atom. The minimum Gasteiger partial charge on any atom is -0.395 e. The minimum absolute atomic E-state index is 0.0696. The first kappa shape index (κ1) is 12.9. The number of rotatable bonds is 3. The van der Waals surface area contributed by atoms with Crippen LogP contribution >= 0.6 is 0 Å². The monoisotopic (exact) mass is 235 g/mol. The van der Waals surface area contributed by atoms with Gasteiger partial charge in [-0.15, -0.1) is 0 Å². The van der Waals surface area contributed by atoms with E-state index in [1.807, 2.05) is 6.92 Å². The number of sulfonamides is 1. The predicted molar refractivity (Wildman–Crippen MR) is 60.0 cm³/mol. The first-order chi connectivity index (χ1) is 6.89. The van der Waals surface area contributed by atoms with Crippen molar-refractivity contribution < 1.29 is 13.5 Å². The summed E-state index contributed by atoms with van der Waals surface area (Å²) in [6, 6.07) is 0.0696. The second-order valence-electron chi connectivity index (χ2n) is 4.64. The highest BCUT2D eigenvalue weighted by atomic mass is 32.2. The summed E-state index contributed by atoms with van der Waals surface area (Å²) in [5.41, 5.74) is 0. The van der Waals surface area contributed by atoms with Crippen LogP contribution in [0.25, 0.3) is 0 Å². The lowest BCUT2D eigenvalue weighted by atomic mass is 9.97. The normalized spacial score (nSPS) is 31.5. The molecule has 1 saturated heterocycles. The van der Waals surface area contributed by atoms with Gasteiger partial charge in [-0.2, -0.15) is 4.31 Å². The van der Waals surface area contributed by atoms with Gasteiger partial charge in [0.05, 0.1) is 11.9 Å². The van der Waals surface area contributed by atoms with Crippen molar-refractivity contribution in [3.63, 3.8) is 0 Å². The van der Waals surface area contributed by atoms with Crippen LogP contribution in [0.2, 0.25) is 0 Å². The van der Waals surface area contributed by atoms with E-state index in [4.69, 9.17) is 5.11 Å². The molecule has 0 aromatic heterocycles. The van der Waals surface area contributed by atoms with E-state index in [-0.39, 0.29) is 12.6 Å². The van der Waals surface area contributed by atoms with Crippen LogP contribution in [0.4, 0.5) is 0 Å². The molecule has 0 amide bonds. The molecule has 15 heavy (non-hydrogen) atoms. The van der Waals surface area contributed by atoms with Crippen molar-refractivity contribution in [2.24, 2.45) is 5.92 Å². The van der Waals surface area contributed by atoms with Crippen molar-refractivity contribution >= 4 is 10.0 Å². The van der Waals surface area contributed by atoms with Crippen LogP contribution in [0.3, 0.4) is 0 Å². The van der Waals surface area contributed by atoms with E-state index in [2.05, 4.69) is 6.92 Å². The van der Waals surface area contributed by atoms with Crippen LogP contribution in [0.15, 0.2) is 0 Å². The van der Waals surface area contributed by atoms with Gasteiger partial charge in [-0.3, -0.25) is 0 Å². The van der Waals surface area contributed by atoms with Gasteiger partial charge in [0.1, 0.15) is 0 Å². The van der Waals surface area contributed by atoms with Gasteiger partial charge < -0.3 is 5.11 Å². The van der Waals surface area contributed by atoms with Crippen molar-refractivity contribution in [3.8, 4) is 0 Å². The van der Waals surface area contributed by atoms with E-state index >= 15 is 0 Å². The highest BCUT2D eigenvalue weighted by Crippen LogP contribution is 2.25. The largest absolute Gasteiger partial charge is 0.395 e. The van der Waals surface area contributed by atoms with Crippen LogP contribution < -0.4 is 0 Å². The summed E-state index contributed by atoms with van der Waals surface area (Å²) in [4.78, 5) is 0. The maximum atomic E-state index is 12.0. The van der Waals surface area contributed by atoms with Crippen molar-refractivity contribution in [2.75, 3.05) is 13.2 Å². The van der Waals surface area contributed by atoms with Crippen molar-refractivity contribution in [1.29, 1.82) is 0 Å². The Bertz CT molecular complexity index is 302. The molecule has 4 nitrogen and oxygen atoms in total. The Labute approximate surface area is 92.3 Å². The molecule has 0 radical (unpaired) electrons. The summed E-state index contributed by atoms with van der Waals surface area (Å²) >= 11 is 0. The number of aliphatic hydroxyl groups excluding tert-OH is 1. The second-order valence-corrected chi connectivity index (χ2v) is 6.94. The third kappa shape index (κ3) is 2.71. The molecule has 5 heteroatoms. The number of piperidine rings is 1. The maximum Gasteiger partial charge on any atom is 0.219 e. The SMILES string of the molecule is CC1CCC(C)N(S(=O)(=O)C(C)CO)C1. The fourth-order valence-electron chi connectivity index (χ4n) is 1.93. The molecule has 0 saturated carbocycles. The van der Waals surface area contributed by atoms with Gasteiger partial charge in [-0.1, -0.05) is 6.92 Å². The number of hydrogen-bond acceptors (Lipinski definition) is 3. The molecule has 90 valence electrons. The summed E-state index contributed by atoms with van der Waals surface area (Å²) in [6.07, 6.45) is 2.00. The van der Waals surface area contributed by atoms with Gasteiger partial charge >= 0.3 is 0 Å². The zero-order valence-corrected chi connectivity index (χ0v) is 10.5. The van der Waals surface area contributed by atoms with Gasteiger partial charge in [-0.05, 0) is 32.6 Å². The summed E-state index contributed by atoms with van der Waals surface area (Å²) in [6.45, 7) is 5.85. The molecule has 3 atom stereocenters. The summed E-state index contributed by atoms with van der Waals surface area (Å²) in [7, 11) is -3.31. The molecule has 1 aliphatic rings. The van der Waals surface area contributed by atoms with Crippen molar-refractivity contribution in [2.45, 2.75) is 44.9 Å². The summed E-state index contributed by atoms with van der Waals surface area (Å²) < 4.78 is 25.6. The van der Waals surface area contributed by atoms with Crippen LogP contribution in [-0.2, 0) is 10.0 Å². The van der Waals surface area contributed by atoms with Gasteiger partial charge in [0.2, 0.25) is 10.0 Å². The Hall–Kier alpha value is -0.130. The number of nitrogens with zero attached hydrogens (tertiary/aromatic N) is 1. The zero-order chi connectivity index (χ0) is 11.6. The Morgan fingerprint density at radius 3 is 2.53 bits per heavy atom. The minimum atomic E-state index is -3.31. The van der Waals surface area contributed by atoms with Crippen LogP contribution in [-0.4, -0.2) is 42.3 Å². The summed E-state index contributed by atoms with van der Waals surface area (Å²) in [5, 5.41) is 8.26. The smallest absolute Gasteiger partial charge is 0.219 e. The first-order valence-corrected chi connectivity index (χ1v) is 7.01. The van der Waals surface area contributed by atoms with Gasteiger partial charge in [-0.25, -0.2) is 8.42 Å². The molecule has 0 aromatic carbocycles. The molecule has 1 heterocycles. The lowest BCUT2D eigenvalue weighted by Gasteiger charge is -2.37. The van der Waals surface area contributed by atoms with Crippen molar-refractivity contribution in [1.82, 2.24) is 4.31 Å². The molecule has 0 aromatic rings.